The smallest absolute Gasteiger partial charge is 0.156 e. The molecule has 0 aliphatic rings. The van der Waals surface area contributed by atoms with Crippen molar-refractivity contribution in [2.45, 2.75) is 32.6 Å². The molecule has 0 fully saturated rings. The minimum absolute atomic E-state index is 0.137. The molecule has 4 nitrogen and oxygen atoms in total. The van der Waals surface area contributed by atoms with Gasteiger partial charge in [0.1, 0.15) is 19.0 Å². The van der Waals surface area contributed by atoms with Crippen LogP contribution in [0.15, 0.2) is 78.9 Å². The van der Waals surface area contributed by atoms with Gasteiger partial charge in [0.15, 0.2) is 5.75 Å². The Hall–Kier alpha value is -3.02. The molecule has 0 spiro atoms. The highest BCUT2D eigenvalue weighted by atomic mass is 35.5. The molecule has 0 radical (unpaired) electrons. The Morgan fingerprint density at radius 3 is 2.21 bits per heavy atom. The van der Waals surface area contributed by atoms with Crippen LogP contribution >= 0.6 is 23.2 Å². The van der Waals surface area contributed by atoms with E-state index >= 15 is 0 Å². The fourth-order valence-corrected chi connectivity index (χ4v) is 5.60. The third-order valence-corrected chi connectivity index (χ3v) is 7.41. The lowest BCUT2D eigenvalue weighted by atomic mass is 9.87. The van der Waals surface area contributed by atoms with Crippen LogP contribution in [0, 0.1) is 13.8 Å². The van der Waals surface area contributed by atoms with Gasteiger partial charge in [-0.1, -0.05) is 77.8 Å². The van der Waals surface area contributed by atoms with Crippen molar-refractivity contribution in [2.24, 2.45) is 5.73 Å². The zero-order valence-corrected chi connectivity index (χ0v) is 23.9. The number of rotatable bonds is 12. The molecule has 1 unspecified atom stereocenters. The molecular weight excluding hydrogens is 529 g/mol. The van der Waals surface area contributed by atoms with Gasteiger partial charge in [-0.15, -0.1) is 0 Å². The molecule has 6 heteroatoms. The Morgan fingerprint density at radius 2 is 1.54 bits per heavy atom. The van der Waals surface area contributed by atoms with E-state index in [1.54, 1.807) is 0 Å². The topological polar surface area (TPSA) is 64.7 Å². The van der Waals surface area contributed by atoms with Gasteiger partial charge in [0.05, 0.1) is 10.0 Å². The van der Waals surface area contributed by atoms with Gasteiger partial charge >= 0.3 is 0 Å². The van der Waals surface area contributed by atoms with Crippen LogP contribution in [-0.4, -0.2) is 31.5 Å². The van der Waals surface area contributed by atoms with Crippen LogP contribution in [0.2, 0.25) is 10.0 Å². The van der Waals surface area contributed by atoms with Gasteiger partial charge in [0.25, 0.3) is 0 Å². The minimum atomic E-state index is 0.137. The molecule has 39 heavy (non-hydrogen) atoms. The summed E-state index contributed by atoms with van der Waals surface area (Å²) in [6.07, 6.45) is 1.48. The van der Waals surface area contributed by atoms with Gasteiger partial charge in [-0.05, 0) is 96.4 Å². The zero-order valence-electron chi connectivity index (χ0n) is 22.4. The number of hydrogen-bond acceptors (Lipinski definition) is 4. The first-order valence-electron chi connectivity index (χ1n) is 13.2. The molecule has 4 aromatic carbocycles. The fraction of sp³-hybridized carbons (Fsp3) is 0.273. The molecule has 4 rings (SSSR count). The first-order valence-corrected chi connectivity index (χ1v) is 13.9. The predicted octanol–water partition coefficient (Wildman–Crippen LogP) is 7.55. The number of benzene rings is 4. The second kappa shape index (κ2) is 13.9. The van der Waals surface area contributed by atoms with Crippen LogP contribution in [0.4, 0.5) is 0 Å². The largest absolute Gasteiger partial charge is 0.490 e. The van der Waals surface area contributed by atoms with Crippen LogP contribution in [0.5, 0.6) is 11.5 Å². The summed E-state index contributed by atoms with van der Waals surface area (Å²) in [6, 6.07) is 26.6. The zero-order chi connectivity index (χ0) is 27.8. The number of aliphatic hydroxyl groups excluding tert-OH is 1. The van der Waals surface area contributed by atoms with Crippen molar-refractivity contribution in [2.75, 3.05) is 26.4 Å². The summed E-state index contributed by atoms with van der Waals surface area (Å²) in [5, 5.41) is 10.4. The number of aryl methyl sites for hydroxylation is 2. The molecule has 0 amide bonds. The standard InChI is InChI=1S/C33H35Cl2NO3/c1-22-17-31(34)33(32(35)18-22)39-16-15-38-28-10-7-24(8-11-28)20-27(21-36)29-12-9-26(19-23(29)2)30-6-4-3-5-25(30)13-14-37/h3-12,17-19,27,37H,13-16,20-21,36H2,1-2H3. The average molecular weight is 565 g/mol. The van der Waals surface area contributed by atoms with E-state index in [2.05, 4.69) is 49.4 Å². The number of hydrogen-bond donors (Lipinski definition) is 2. The summed E-state index contributed by atoms with van der Waals surface area (Å²) in [4.78, 5) is 0. The van der Waals surface area contributed by atoms with Gasteiger partial charge in [-0.3, -0.25) is 0 Å². The summed E-state index contributed by atoms with van der Waals surface area (Å²) in [6.45, 7) is 5.48. The van der Waals surface area contributed by atoms with E-state index in [0.717, 1.165) is 34.4 Å². The summed E-state index contributed by atoms with van der Waals surface area (Å²) in [7, 11) is 0. The lowest BCUT2D eigenvalue weighted by molar-refractivity contribution is 0.217. The number of aliphatic hydroxyl groups is 1. The van der Waals surface area contributed by atoms with Crippen LogP contribution in [-0.2, 0) is 12.8 Å². The molecule has 0 aliphatic carbocycles. The van der Waals surface area contributed by atoms with Crippen LogP contribution < -0.4 is 15.2 Å². The molecule has 0 saturated heterocycles. The van der Waals surface area contributed by atoms with Gasteiger partial charge in [-0.25, -0.2) is 0 Å². The van der Waals surface area contributed by atoms with Crippen molar-refractivity contribution in [1.82, 2.24) is 0 Å². The SMILES string of the molecule is Cc1cc(Cl)c(OCCOc2ccc(CC(CN)c3ccc(-c4ccccc4CCO)cc3C)cc2)c(Cl)c1. The summed E-state index contributed by atoms with van der Waals surface area (Å²) in [5.41, 5.74) is 14.4. The van der Waals surface area contributed by atoms with Gasteiger partial charge in [-0.2, -0.15) is 0 Å². The molecule has 3 N–H and O–H groups in total. The Labute approximate surface area is 241 Å². The highest BCUT2D eigenvalue weighted by Gasteiger charge is 2.15. The summed E-state index contributed by atoms with van der Waals surface area (Å²) >= 11 is 12.5. The van der Waals surface area contributed by atoms with E-state index in [9.17, 15) is 5.11 Å². The Kier molecular flexibility index (Phi) is 10.3. The van der Waals surface area contributed by atoms with Crippen LogP contribution in [0.25, 0.3) is 11.1 Å². The van der Waals surface area contributed by atoms with Crippen molar-refractivity contribution >= 4 is 23.2 Å². The molecule has 0 aliphatic heterocycles. The van der Waals surface area contributed by atoms with E-state index in [0.29, 0.717) is 42.0 Å². The Bertz CT molecular complexity index is 1370. The second-order valence-electron chi connectivity index (χ2n) is 9.74. The number of nitrogens with two attached hydrogens (primary N) is 1. The second-order valence-corrected chi connectivity index (χ2v) is 10.6. The number of halogens is 2. The van der Waals surface area contributed by atoms with Crippen LogP contribution in [0.1, 0.15) is 33.7 Å². The third-order valence-electron chi connectivity index (χ3n) is 6.85. The quantitative estimate of drug-likeness (QED) is 0.174. The molecule has 204 valence electrons. The molecule has 0 heterocycles. The molecule has 1 atom stereocenters. The first-order chi connectivity index (χ1) is 18.9. The van der Waals surface area contributed by atoms with Crippen molar-refractivity contribution < 1.29 is 14.6 Å². The maximum atomic E-state index is 9.44. The lowest BCUT2D eigenvalue weighted by Crippen LogP contribution is -2.16. The molecule has 0 bridgehead atoms. The molecule has 4 aromatic rings. The lowest BCUT2D eigenvalue weighted by Gasteiger charge is -2.19. The summed E-state index contributed by atoms with van der Waals surface area (Å²) < 4.78 is 11.6. The maximum absolute atomic E-state index is 9.44. The van der Waals surface area contributed by atoms with E-state index < -0.39 is 0 Å². The van der Waals surface area contributed by atoms with E-state index in [-0.39, 0.29) is 12.5 Å². The highest BCUT2D eigenvalue weighted by Crippen LogP contribution is 2.34. The predicted molar refractivity (Wildman–Crippen MR) is 162 cm³/mol. The number of ether oxygens (including phenoxy) is 2. The minimum Gasteiger partial charge on any atom is -0.490 e. The van der Waals surface area contributed by atoms with E-state index in [4.69, 9.17) is 38.4 Å². The fourth-order valence-electron chi connectivity index (χ4n) is 4.90. The van der Waals surface area contributed by atoms with Crippen molar-refractivity contribution in [3.8, 4) is 22.6 Å². The van der Waals surface area contributed by atoms with Gasteiger partial charge in [0, 0.05) is 12.5 Å². The Balaban J connectivity index is 1.35. The van der Waals surface area contributed by atoms with Crippen molar-refractivity contribution in [1.29, 1.82) is 0 Å². The maximum Gasteiger partial charge on any atom is 0.156 e. The van der Waals surface area contributed by atoms with Gasteiger partial charge in [0.2, 0.25) is 0 Å². The normalized spacial score (nSPS) is 11.8. The molecule has 0 saturated carbocycles. The van der Waals surface area contributed by atoms with E-state index in [1.165, 1.54) is 16.7 Å². The highest BCUT2D eigenvalue weighted by molar-refractivity contribution is 6.37. The van der Waals surface area contributed by atoms with Crippen molar-refractivity contribution in [3.63, 3.8) is 0 Å². The monoisotopic (exact) mass is 563 g/mol. The van der Waals surface area contributed by atoms with Gasteiger partial charge < -0.3 is 20.3 Å². The van der Waals surface area contributed by atoms with E-state index in [1.807, 2.05) is 43.3 Å². The summed E-state index contributed by atoms with van der Waals surface area (Å²) in [5.74, 6) is 1.46. The molecule has 0 aromatic heterocycles. The average Bonchev–Trinajstić information content (AvgIpc) is 2.92. The van der Waals surface area contributed by atoms with Crippen molar-refractivity contribution in [3.05, 3.63) is 117 Å². The third kappa shape index (κ3) is 7.55. The Morgan fingerprint density at radius 1 is 0.846 bits per heavy atom. The first kappa shape index (κ1) is 29.0. The molecular formula is C33H35Cl2NO3. The van der Waals surface area contributed by atoms with Crippen LogP contribution in [0.3, 0.4) is 0 Å².